The summed E-state index contributed by atoms with van der Waals surface area (Å²) < 4.78 is 8.94. The van der Waals surface area contributed by atoms with Crippen LogP contribution in [0.1, 0.15) is 6.42 Å². The van der Waals surface area contributed by atoms with Crippen molar-refractivity contribution in [2.75, 3.05) is 32.1 Å². The number of hydrogen-bond acceptors (Lipinski definition) is 5. The maximum Gasteiger partial charge on any atom is 0.322 e. The van der Waals surface area contributed by atoms with Crippen molar-refractivity contribution in [2.24, 2.45) is 5.92 Å². The maximum absolute atomic E-state index is 11.7. The standard InChI is InChI=1S/C9H14N4O2S/c1-13(5-7-2-3-15-6-7)9(14)11-8-4-10-12-16-8/h4,7H,2-3,5-6H2,1H3,(H,11,14). The van der Waals surface area contributed by atoms with Crippen LogP contribution in [0.15, 0.2) is 6.20 Å². The second kappa shape index (κ2) is 5.22. The predicted molar refractivity (Wildman–Crippen MR) is 60.5 cm³/mol. The summed E-state index contributed by atoms with van der Waals surface area (Å²) in [5, 5.41) is 7.05. The van der Waals surface area contributed by atoms with Crippen LogP contribution in [0.5, 0.6) is 0 Å². The lowest BCUT2D eigenvalue weighted by Crippen LogP contribution is -2.35. The Morgan fingerprint density at radius 3 is 3.31 bits per heavy atom. The van der Waals surface area contributed by atoms with Gasteiger partial charge in [0.1, 0.15) is 5.00 Å². The van der Waals surface area contributed by atoms with E-state index in [-0.39, 0.29) is 6.03 Å². The molecule has 2 heterocycles. The number of carbonyl (C=O) groups is 1. The van der Waals surface area contributed by atoms with E-state index < -0.39 is 0 Å². The van der Waals surface area contributed by atoms with Gasteiger partial charge in [-0.2, -0.15) is 0 Å². The van der Waals surface area contributed by atoms with E-state index in [4.69, 9.17) is 4.74 Å². The summed E-state index contributed by atoms with van der Waals surface area (Å²) in [7, 11) is 1.78. The first-order valence-electron chi connectivity index (χ1n) is 5.13. The van der Waals surface area contributed by atoms with Crippen molar-refractivity contribution < 1.29 is 9.53 Å². The van der Waals surface area contributed by atoms with Crippen LogP contribution in [0.25, 0.3) is 0 Å². The largest absolute Gasteiger partial charge is 0.381 e. The Morgan fingerprint density at radius 2 is 2.69 bits per heavy atom. The Bertz CT molecular complexity index is 337. The zero-order valence-electron chi connectivity index (χ0n) is 9.05. The van der Waals surface area contributed by atoms with E-state index in [1.54, 1.807) is 11.9 Å². The second-order valence-corrected chi connectivity index (χ2v) is 4.61. The molecular weight excluding hydrogens is 228 g/mol. The molecule has 1 aromatic heterocycles. The highest BCUT2D eigenvalue weighted by Gasteiger charge is 2.20. The van der Waals surface area contributed by atoms with Crippen molar-refractivity contribution in [1.29, 1.82) is 0 Å². The molecule has 0 bridgehead atoms. The van der Waals surface area contributed by atoms with Crippen LogP contribution in [-0.2, 0) is 4.74 Å². The molecule has 1 N–H and O–H groups in total. The summed E-state index contributed by atoms with van der Waals surface area (Å²) in [6.45, 7) is 2.27. The fourth-order valence-corrected chi connectivity index (χ4v) is 2.03. The summed E-state index contributed by atoms with van der Waals surface area (Å²) in [6, 6.07) is -0.127. The van der Waals surface area contributed by atoms with E-state index in [0.29, 0.717) is 10.9 Å². The van der Waals surface area contributed by atoms with Crippen molar-refractivity contribution in [3.8, 4) is 0 Å². The van der Waals surface area contributed by atoms with E-state index >= 15 is 0 Å². The fourth-order valence-electron chi connectivity index (χ4n) is 1.62. The quantitative estimate of drug-likeness (QED) is 0.860. The molecule has 88 valence electrons. The molecule has 2 amide bonds. The first-order chi connectivity index (χ1) is 7.75. The lowest BCUT2D eigenvalue weighted by Gasteiger charge is -2.20. The molecule has 0 saturated carbocycles. The first kappa shape index (κ1) is 11.3. The van der Waals surface area contributed by atoms with Crippen LogP contribution in [0, 0.1) is 5.92 Å². The molecule has 0 aliphatic carbocycles. The summed E-state index contributed by atoms with van der Waals surface area (Å²) in [6.07, 6.45) is 2.56. The normalized spacial score (nSPS) is 19.7. The van der Waals surface area contributed by atoms with Crippen LogP contribution >= 0.6 is 11.5 Å². The van der Waals surface area contributed by atoms with Gasteiger partial charge in [0.25, 0.3) is 0 Å². The molecule has 6 nitrogen and oxygen atoms in total. The Hall–Kier alpha value is -1.21. The molecule has 1 aliphatic rings. The smallest absolute Gasteiger partial charge is 0.322 e. The van der Waals surface area contributed by atoms with Gasteiger partial charge in [0, 0.05) is 37.6 Å². The van der Waals surface area contributed by atoms with E-state index in [9.17, 15) is 4.79 Å². The number of carbonyl (C=O) groups excluding carboxylic acids is 1. The average molecular weight is 242 g/mol. The van der Waals surface area contributed by atoms with Crippen LogP contribution in [-0.4, -0.2) is 47.3 Å². The Balaban J connectivity index is 1.79. The number of anilines is 1. The third-order valence-electron chi connectivity index (χ3n) is 2.49. The van der Waals surface area contributed by atoms with Gasteiger partial charge in [0.2, 0.25) is 0 Å². The van der Waals surface area contributed by atoms with Crippen molar-refractivity contribution in [2.45, 2.75) is 6.42 Å². The molecule has 1 aromatic rings. The summed E-state index contributed by atoms with van der Waals surface area (Å²) >= 11 is 1.17. The molecule has 16 heavy (non-hydrogen) atoms. The molecular formula is C9H14N4O2S. The number of rotatable bonds is 3. The van der Waals surface area contributed by atoms with E-state index in [2.05, 4.69) is 14.9 Å². The molecule has 0 radical (unpaired) electrons. The molecule has 1 aliphatic heterocycles. The SMILES string of the molecule is CN(CC1CCOC1)C(=O)Nc1cnns1. The van der Waals surface area contributed by atoms with Gasteiger partial charge < -0.3 is 9.64 Å². The number of nitrogens with zero attached hydrogens (tertiary/aromatic N) is 3. The zero-order chi connectivity index (χ0) is 11.4. The molecule has 0 aromatic carbocycles. The lowest BCUT2D eigenvalue weighted by molar-refractivity contribution is 0.175. The van der Waals surface area contributed by atoms with Crippen molar-refractivity contribution >= 4 is 22.6 Å². The van der Waals surface area contributed by atoms with Crippen LogP contribution < -0.4 is 5.32 Å². The van der Waals surface area contributed by atoms with Crippen LogP contribution in [0.3, 0.4) is 0 Å². The summed E-state index contributed by atoms with van der Waals surface area (Å²) in [5.74, 6) is 0.454. The minimum atomic E-state index is -0.127. The maximum atomic E-state index is 11.7. The summed E-state index contributed by atoms with van der Waals surface area (Å²) in [5.41, 5.74) is 0. The van der Waals surface area contributed by atoms with Gasteiger partial charge in [-0.05, 0) is 6.42 Å². The third-order valence-corrected chi connectivity index (χ3v) is 3.07. The number of hydrogen-bond donors (Lipinski definition) is 1. The Labute approximate surface area is 97.8 Å². The van der Waals surface area contributed by atoms with E-state index in [1.807, 2.05) is 0 Å². The topological polar surface area (TPSA) is 67.3 Å². The Kier molecular flexibility index (Phi) is 3.68. The zero-order valence-corrected chi connectivity index (χ0v) is 9.87. The van der Waals surface area contributed by atoms with Gasteiger partial charge >= 0.3 is 6.03 Å². The van der Waals surface area contributed by atoms with Crippen molar-refractivity contribution in [3.05, 3.63) is 6.20 Å². The van der Waals surface area contributed by atoms with Gasteiger partial charge in [-0.1, -0.05) is 4.49 Å². The van der Waals surface area contributed by atoms with Gasteiger partial charge in [-0.15, -0.1) is 5.10 Å². The average Bonchev–Trinajstić information content (AvgIpc) is 2.90. The number of urea groups is 1. The van der Waals surface area contributed by atoms with E-state index in [1.165, 1.54) is 17.7 Å². The highest BCUT2D eigenvalue weighted by Crippen LogP contribution is 2.14. The minimum Gasteiger partial charge on any atom is -0.381 e. The van der Waals surface area contributed by atoms with Crippen LogP contribution in [0.2, 0.25) is 0 Å². The second-order valence-electron chi connectivity index (χ2n) is 3.82. The van der Waals surface area contributed by atoms with Crippen molar-refractivity contribution in [1.82, 2.24) is 14.5 Å². The van der Waals surface area contributed by atoms with E-state index in [0.717, 1.165) is 26.2 Å². The van der Waals surface area contributed by atoms with Gasteiger partial charge in [0.15, 0.2) is 0 Å². The van der Waals surface area contributed by atoms with Gasteiger partial charge in [0.05, 0.1) is 12.8 Å². The molecule has 7 heteroatoms. The fraction of sp³-hybridized carbons (Fsp3) is 0.667. The summed E-state index contributed by atoms with van der Waals surface area (Å²) in [4.78, 5) is 13.4. The van der Waals surface area contributed by atoms with Gasteiger partial charge in [-0.25, -0.2) is 4.79 Å². The molecule has 0 spiro atoms. The third kappa shape index (κ3) is 2.89. The molecule has 1 unspecified atom stereocenters. The monoisotopic (exact) mass is 242 g/mol. The number of nitrogens with one attached hydrogen (secondary N) is 1. The highest BCUT2D eigenvalue weighted by atomic mass is 32.1. The highest BCUT2D eigenvalue weighted by molar-refractivity contribution is 7.10. The number of aromatic nitrogens is 2. The van der Waals surface area contributed by atoms with Crippen molar-refractivity contribution in [3.63, 3.8) is 0 Å². The molecule has 1 atom stereocenters. The molecule has 1 saturated heterocycles. The number of ether oxygens (including phenoxy) is 1. The molecule has 2 rings (SSSR count). The van der Waals surface area contributed by atoms with Gasteiger partial charge in [-0.3, -0.25) is 5.32 Å². The lowest BCUT2D eigenvalue weighted by atomic mass is 10.1. The first-order valence-corrected chi connectivity index (χ1v) is 5.90. The predicted octanol–water partition coefficient (Wildman–Crippen LogP) is 1.04. The minimum absolute atomic E-state index is 0.127. The van der Waals surface area contributed by atoms with Crippen LogP contribution in [0.4, 0.5) is 9.80 Å². The number of amides is 2. The molecule has 1 fully saturated rings. The Morgan fingerprint density at radius 1 is 1.81 bits per heavy atom.